The lowest BCUT2D eigenvalue weighted by molar-refractivity contribution is -0.119. The average molecular weight is 355 g/mol. The number of rotatable bonds is 6. The van der Waals surface area contributed by atoms with Gasteiger partial charge in [0.05, 0.1) is 7.11 Å². The molecule has 0 atom stereocenters. The van der Waals surface area contributed by atoms with Gasteiger partial charge in [0, 0.05) is 44.5 Å². The van der Waals surface area contributed by atoms with E-state index in [1.165, 1.54) is 0 Å². The summed E-state index contributed by atoms with van der Waals surface area (Å²) in [6.07, 6.45) is 2.37. The Morgan fingerprint density at radius 2 is 2.00 bits per heavy atom. The van der Waals surface area contributed by atoms with Gasteiger partial charge in [0.2, 0.25) is 12.4 Å². The molecule has 136 valence electrons. The summed E-state index contributed by atoms with van der Waals surface area (Å²) in [5, 5.41) is 3.12. The van der Waals surface area contributed by atoms with Crippen molar-refractivity contribution in [3.63, 3.8) is 0 Å². The largest absolute Gasteiger partial charge is 0.496 e. The van der Waals surface area contributed by atoms with E-state index in [-0.39, 0.29) is 5.91 Å². The molecule has 8 heteroatoms. The molecule has 0 saturated carbocycles. The first-order valence-corrected chi connectivity index (χ1v) is 8.38. The molecule has 2 amide bonds. The van der Waals surface area contributed by atoms with E-state index in [4.69, 9.17) is 4.74 Å². The lowest BCUT2D eigenvalue weighted by atomic mass is 10.2. The first-order chi connectivity index (χ1) is 12.7. The van der Waals surface area contributed by atoms with Crippen LogP contribution < -0.4 is 10.1 Å². The number of benzene rings is 1. The predicted molar refractivity (Wildman–Crippen MR) is 95.9 cm³/mol. The van der Waals surface area contributed by atoms with E-state index in [9.17, 15) is 9.59 Å². The fourth-order valence-corrected chi connectivity index (χ4v) is 2.78. The Morgan fingerprint density at radius 1 is 1.23 bits per heavy atom. The maximum absolute atomic E-state index is 12.6. The Balaban J connectivity index is 1.64. The number of nitrogens with one attached hydrogen (secondary N) is 1. The topological polar surface area (TPSA) is 87.7 Å². The standard InChI is InChI=1S/C18H21N5O3/c1-26-16-5-3-2-4-14(16)12-20-18-19-7-6-15(21-18)17(25)23-10-8-22(13-24)9-11-23/h2-7,13H,8-12H2,1H3,(H,19,20,21). The molecular formula is C18H21N5O3. The number of nitrogens with zero attached hydrogens (tertiary/aromatic N) is 4. The molecule has 1 fully saturated rings. The lowest BCUT2D eigenvalue weighted by Crippen LogP contribution is -2.48. The molecule has 3 rings (SSSR count). The van der Waals surface area contributed by atoms with Gasteiger partial charge in [-0.3, -0.25) is 9.59 Å². The zero-order valence-corrected chi connectivity index (χ0v) is 14.6. The van der Waals surface area contributed by atoms with Gasteiger partial charge in [0.1, 0.15) is 11.4 Å². The van der Waals surface area contributed by atoms with Crippen molar-refractivity contribution >= 4 is 18.3 Å². The van der Waals surface area contributed by atoms with Crippen molar-refractivity contribution in [2.45, 2.75) is 6.54 Å². The fraction of sp³-hybridized carbons (Fsp3) is 0.333. The van der Waals surface area contributed by atoms with E-state index >= 15 is 0 Å². The number of aromatic nitrogens is 2. The number of carbonyl (C=O) groups excluding carboxylic acids is 2. The number of methoxy groups -OCH3 is 1. The highest BCUT2D eigenvalue weighted by molar-refractivity contribution is 5.92. The van der Waals surface area contributed by atoms with Crippen molar-refractivity contribution < 1.29 is 14.3 Å². The third kappa shape index (κ3) is 4.08. The highest BCUT2D eigenvalue weighted by Crippen LogP contribution is 2.18. The molecule has 2 heterocycles. The first-order valence-electron chi connectivity index (χ1n) is 8.38. The van der Waals surface area contributed by atoms with Crippen molar-refractivity contribution in [1.82, 2.24) is 19.8 Å². The summed E-state index contributed by atoms with van der Waals surface area (Å²) >= 11 is 0. The summed E-state index contributed by atoms with van der Waals surface area (Å²) in [5.41, 5.74) is 1.31. The summed E-state index contributed by atoms with van der Waals surface area (Å²) in [6.45, 7) is 2.58. The van der Waals surface area contributed by atoms with Crippen LogP contribution in [-0.2, 0) is 11.3 Å². The molecule has 0 aliphatic carbocycles. The van der Waals surface area contributed by atoms with Crippen LogP contribution >= 0.6 is 0 Å². The third-order valence-electron chi connectivity index (χ3n) is 4.25. The van der Waals surface area contributed by atoms with Gasteiger partial charge >= 0.3 is 0 Å². The number of para-hydroxylation sites is 1. The van der Waals surface area contributed by atoms with Crippen molar-refractivity contribution in [2.75, 3.05) is 38.6 Å². The van der Waals surface area contributed by atoms with E-state index in [0.29, 0.717) is 44.4 Å². The average Bonchev–Trinajstić information content (AvgIpc) is 2.72. The molecular weight excluding hydrogens is 334 g/mol. The van der Waals surface area contributed by atoms with Crippen LogP contribution in [0.5, 0.6) is 5.75 Å². The number of carbonyl (C=O) groups is 2. The van der Waals surface area contributed by atoms with Gasteiger partial charge in [-0.25, -0.2) is 9.97 Å². The van der Waals surface area contributed by atoms with Crippen LogP contribution in [-0.4, -0.2) is 65.4 Å². The van der Waals surface area contributed by atoms with Gasteiger partial charge in [-0.15, -0.1) is 0 Å². The lowest BCUT2D eigenvalue weighted by Gasteiger charge is -2.32. The van der Waals surface area contributed by atoms with Crippen molar-refractivity contribution in [3.05, 3.63) is 47.8 Å². The number of ether oxygens (including phenoxy) is 1. The van der Waals surface area contributed by atoms with Crippen LogP contribution in [0.3, 0.4) is 0 Å². The SMILES string of the molecule is COc1ccccc1CNc1nccc(C(=O)N2CCN(C=O)CC2)n1. The normalized spacial score (nSPS) is 14.0. The smallest absolute Gasteiger partial charge is 0.272 e. The Kier molecular flexibility index (Phi) is 5.62. The second-order valence-corrected chi connectivity index (χ2v) is 5.86. The molecule has 1 saturated heterocycles. The van der Waals surface area contributed by atoms with Gasteiger partial charge in [-0.05, 0) is 12.1 Å². The number of piperazine rings is 1. The number of amides is 2. The molecule has 26 heavy (non-hydrogen) atoms. The summed E-state index contributed by atoms with van der Waals surface area (Å²) < 4.78 is 5.32. The van der Waals surface area contributed by atoms with Crippen LogP contribution in [0.4, 0.5) is 5.95 Å². The van der Waals surface area contributed by atoms with Crippen molar-refractivity contribution in [2.24, 2.45) is 0 Å². The van der Waals surface area contributed by atoms with Crippen LogP contribution in [0.25, 0.3) is 0 Å². The highest BCUT2D eigenvalue weighted by Gasteiger charge is 2.22. The molecule has 1 N–H and O–H groups in total. The molecule has 8 nitrogen and oxygen atoms in total. The second-order valence-electron chi connectivity index (χ2n) is 5.86. The van der Waals surface area contributed by atoms with E-state index in [1.54, 1.807) is 29.2 Å². The Bertz CT molecular complexity index is 775. The third-order valence-corrected chi connectivity index (χ3v) is 4.25. The predicted octanol–water partition coefficient (Wildman–Crippen LogP) is 1.01. The second kappa shape index (κ2) is 8.28. The maximum Gasteiger partial charge on any atom is 0.272 e. The molecule has 0 bridgehead atoms. The van der Waals surface area contributed by atoms with Gasteiger partial charge in [-0.1, -0.05) is 18.2 Å². The van der Waals surface area contributed by atoms with Crippen LogP contribution in [0.1, 0.15) is 16.1 Å². The fourth-order valence-electron chi connectivity index (χ4n) is 2.78. The van der Waals surface area contributed by atoms with Crippen LogP contribution in [0.2, 0.25) is 0 Å². The molecule has 0 spiro atoms. The van der Waals surface area contributed by atoms with E-state index in [2.05, 4.69) is 15.3 Å². The van der Waals surface area contributed by atoms with Gasteiger partial charge in [0.15, 0.2) is 0 Å². The number of hydrogen-bond donors (Lipinski definition) is 1. The zero-order valence-electron chi connectivity index (χ0n) is 14.6. The highest BCUT2D eigenvalue weighted by atomic mass is 16.5. The summed E-state index contributed by atoms with van der Waals surface area (Å²) in [4.78, 5) is 35.2. The molecule has 0 unspecified atom stereocenters. The molecule has 1 aliphatic rings. The molecule has 2 aromatic rings. The van der Waals surface area contributed by atoms with E-state index in [0.717, 1.165) is 17.7 Å². The maximum atomic E-state index is 12.6. The van der Waals surface area contributed by atoms with Gasteiger partial charge in [0.25, 0.3) is 5.91 Å². The Hall–Kier alpha value is -3.16. The molecule has 1 aliphatic heterocycles. The minimum Gasteiger partial charge on any atom is -0.496 e. The van der Waals surface area contributed by atoms with E-state index < -0.39 is 0 Å². The summed E-state index contributed by atoms with van der Waals surface area (Å²) in [5.74, 6) is 1.01. The quantitative estimate of drug-likeness (QED) is 0.778. The Morgan fingerprint density at radius 3 is 2.73 bits per heavy atom. The minimum atomic E-state index is -0.154. The summed E-state index contributed by atoms with van der Waals surface area (Å²) in [7, 11) is 1.62. The first kappa shape index (κ1) is 17.7. The monoisotopic (exact) mass is 355 g/mol. The molecule has 0 radical (unpaired) electrons. The minimum absolute atomic E-state index is 0.154. The van der Waals surface area contributed by atoms with Gasteiger partial charge < -0.3 is 19.9 Å². The zero-order chi connectivity index (χ0) is 18.4. The number of hydrogen-bond acceptors (Lipinski definition) is 6. The molecule has 1 aromatic heterocycles. The van der Waals surface area contributed by atoms with Crippen LogP contribution in [0, 0.1) is 0 Å². The van der Waals surface area contributed by atoms with Crippen LogP contribution in [0.15, 0.2) is 36.5 Å². The van der Waals surface area contributed by atoms with Gasteiger partial charge in [-0.2, -0.15) is 0 Å². The number of anilines is 1. The van der Waals surface area contributed by atoms with E-state index in [1.807, 2.05) is 24.3 Å². The van der Waals surface area contributed by atoms with Crippen molar-refractivity contribution in [1.29, 1.82) is 0 Å². The van der Waals surface area contributed by atoms with Crippen molar-refractivity contribution in [3.8, 4) is 5.75 Å². The Labute approximate surface area is 151 Å². The summed E-state index contributed by atoms with van der Waals surface area (Å²) in [6, 6.07) is 9.27. The molecule has 1 aromatic carbocycles.